The van der Waals surface area contributed by atoms with E-state index in [1.165, 1.54) is 21.3 Å². The molecule has 44 heavy (non-hydrogen) atoms. The van der Waals surface area contributed by atoms with Crippen molar-refractivity contribution in [3.63, 3.8) is 0 Å². The average molecular weight is 642 g/mol. The number of ether oxygens (including phenoxy) is 3. The van der Waals surface area contributed by atoms with Crippen molar-refractivity contribution in [1.29, 1.82) is 0 Å². The standard InChI is InChI=1S/C34H38Cl2N2O6/c1-42-27-20-23(21-28(43-2)30(27)44-3)31(39)38-19-13-33(22-38,25-10-7-11-26(35)29(25)36)12-16-37-17-14-34(15-18-37,32(40)41)24-8-5-4-6-9-24/h4-11,20-21H,12-19,22H2,1-3H3,(H,40,41). The van der Waals surface area contributed by atoms with Gasteiger partial charge in [-0.1, -0.05) is 65.7 Å². The van der Waals surface area contributed by atoms with E-state index in [4.69, 9.17) is 37.4 Å². The van der Waals surface area contributed by atoms with Crippen LogP contribution in [0.5, 0.6) is 17.2 Å². The number of nitrogens with zero attached hydrogens (tertiary/aromatic N) is 2. The lowest BCUT2D eigenvalue weighted by atomic mass is 9.72. The summed E-state index contributed by atoms with van der Waals surface area (Å²) >= 11 is 13.3. The van der Waals surface area contributed by atoms with Gasteiger partial charge in [0.1, 0.15) is 0 Å². The van der Waals surface area contributed by atoms with Gasteiger partial charge in [-0.3, -0.25) is 9.59 Å². The highest BCUT2D eigenvalue weighted by atomic mass is 35.5. The van der Waals surface area contributed by atoms with E-state index in [9.17, 15) is 14.7 Å². The monoisotopic (exact) mass is 640 g/mol. The van der Waals surface area contributed by atoms with Crippen LogP contribution >= 0.6 is 23.2 Å². The number of hydrogen-bond acceptors (Lipinski definition) is 6. The molecule has 0 saturated carbocycles. The Hall–Kier alpha value is -3.46. The number of rotatable bonds is 10. The Bertz CT molecular complexity index is 1480. The van der Waals surface area contributed by atoms with E-state index in [0.717, 1.165) is 24.1 Å². The van der Waals surface area contributed by atoms with Gasteiger partial charge in [0, 0.05) is 24.1 Å². The highest BCUT2D eigenvalue weighted by Crippen LogP contribution is 2.45. The Labute approximate surface area is 268 Å². The van der Waals surface area contributed by atoms with Gasteiger partial charge >= 0.3 is 5.97 Å². The first kappa shape index (κ1) is 31.9. The van der Waals surface area contributed by atoms with Gasteiger partial charge in [-0.15, -0.1) is 0 Å². The summed E-state index contributed by atoms with van der Waals surface area (Å²) in [5.41, 5.74) is 0.899. The molecule has 5 rings (SSSR count). The number of hydrogen-bond donors (Lipinski definition) is 1. The molecule has 0 spiro atoms. The van der Waals surface area contributed by atoms with E-state index < -0.39 is 16.8 Å². The third-order valence-electron chi connectivity index (χ3n) is 9.43. The first-order valence-electron chi connectivity index (χ1n) is 14.7. The molecule has 1 N–H and O–H groups in total. The zero-order valence-electron chi connectivity index (χ0n) is 25.3. The van der Waals surface area contributed by atoms with Gasteiger partial charge in [0.2, 0.25) is 5.75 Å². The maximum Gasteiger partial charge on any atom is 0.314 e. The van der Waals surface area contributed by atoms with Crippen molar-refractivity contribution in [3.8, 4) is 17.2 Å². The number of likely N-dealkylation sites (tertiary alicyclic amines) is 2. The van der Waals surface area contributed by atoms with E-state index in [1.54, 1.807) is 18.2 Å². The summed E-state index contributed by atoms with van der Waals surface area (Å²) in [6.07, 6.45) is 2.50. The van der Waals surface area contributed by atoms with Crippen molar-refractivity contribution in [2.24, 2.45) is 0 Å². The van der Waals surface area contributed by atoms with Gasteiger partial charge in [0.15, 0.2) is 11.5 Å². The smallest absolute Gasteiger partial charge is 0.314 e. The molecule has 0 aromatic heterocycles. The number of benzene rings is 3. The second-order valence-electron chi connectivity index (χ2n) is 11.6. The molecule has 0 aliphatic carbocycles. The van der Waals surface area contributed by atoms with Crippen LogP contribution in [-0.4, -0.2) is 80.8 Å². The molecule has 234 valence electrons. The van der Waals surface area contributed by atoms with Crippen LogP contribution in [0.15, 0.2) is 60.7 Å². The van der Waals surface area contributed by atoms with E-state index in [-0.39, 0.29) is 5.91 Å². The van der Waals surface area contributed by atoms with Crippen LogP contribution < -0.4 is 14.2 Å². The van der Waals surface area contributed by atoms with Gasteiger partial charge in [0.05, 0.1) is 36.8 Å². The number of aliphatic carboxylic acids is 1. The number of piperidine rings is 1. The minimum absolute atomic E-state index is 0.142. The summed E-state index contributed by atoms with van der Waals surface area (Å²) in [7, 11) is 4.57. The van der Waals surface area contributed by atoms with Crippen molar-refractivity contribution in [3.05, 3.63) is 87.4 Å². The van der Waals surface area contributed by atoms with Crippen LogP contribution in [0.25, 0.3) is 0 Å². The molecule has 1 atom stereocenters. The molecule has 0 radical (unpaired) electrons. The fourth-order valence-corrected chi connectivity index (χ4v) is 7.32. The van der Waals surface area contributed by atoms with Crippen LogP contribution in [0.4, 0.5) is 0 Å². The normalized spacial score (nSPS) is 19.9. The lowest BCUT2D eigenvalue weighted by Gasteiger charge is -2.41. The average Bonchev–Trinajstić information content (AvgIpc) is 3.49. The topological polar surface area (TPSA) is 88.5 Å². The van der Waals surface area contributed by atoms with Crippen LogP contribution in [-0.2, 0) is 15.6 Å². The van der Waals surface area contributed by atoms with Crippen LogP contribution in [0.3, 0.4) is 0 Å². The Morgan fingerprint density at radius 1 is 0.864 bits per heavy atom. The maximum absolute atomic E-state index is 13.9. The second-order valence-corrected chi connectivity index (χ2v) is 12.4. The largest absolute Gasteiger partial charge is 0.493 e. The SMILES string of the molecule is COc1cc(C(=O)N2CCC(CCN3CCC(C(=O)O)(c4ccccc4)CC3)(c3cccc(Cl)c3Cl)C2)cc(OC)c1OC. The van der Waals surface area contributed by atoms with Gasteiger partial charge in [0.25, 0.3) is 5.91 Å². The van der Waals surface area contributed by atoms with Crippen molar-refractivity contribution >= 4 is 35.1 Å². The highest BCUT2D eigenvalue weighted by Gasteiger charge is 2.46. The first-order valence-corrected chi connectivity index (χ1v) is 15.5. The Morgan fingerprint density at radius 3 is 2.11 bits per heavy atom. The van der Waals surface area contributed by atoms with E-state index in [1.807, 2.05) is 47.4 Å². The third-order valence-corrected chi connectivity index (χ3v) is 10.2. The van der Waals surface area contributed by atoms with Crippen LogP contribution in [0, 0.1) is 0 Å². The van der Waals surface area contributed by atoms with Crippen molar-refractivity contribution in [1.82, 2.24) is 9.80 Å². The molecular formula is C34H38Cl2N2O6. The van der Waals surface area contributed by atoms with E-state index in [0.29, 0.717) is 78.3 Å². The molecule has 2 aliphatic rings. The molecule has 2 heterocycles. The quantitative estimate of drug-likeness (QED) is 0.278. The summed E-state index contributed by atoms with van der Waals surface area (Å²) in [5, 5.41) is 11.2. The summed E-state index contributed by atoms with van der Waals surface area (Å²) < 4.78 is 16.4. The van der Waals surface area contributed by atoms with Gasteiger partial charge < -0.3 is 29.1 Å². The van der Waals surface area contributed by atoms with Crippen LogP contribution in [0.2, 0.25) is 10.0 Å². The fraction of sp³-hybridized carbons (Fsp3) is 0.412. The molecule has 1 amide bonds. The number of carbonyl (C=O) groups is 2. The molecule has 8 nitrogen and oxygen atoms in total. The molecule has 2 aliphatic heterocycles. The number of carboxylic acid groups (broad SMARTS) is 1. The van der Waals surface area contributed by atoms with Gasteiger partial charge in [-0.05, 0) is 74.6 Å². The Kier molecular flexibility index (Phi) is 9.63. The van der Waals surface area contributed by atoms with Crippen molar-refractivity contribution in [2.45, 2.75) is 36.5 Å². The molecule has 0 bridgehead atoms. The number of methoxy groups -OCH3 is 3. The first-order chi connectivity index (χ1) is 21.2. The molecule has 1 unspecified atom stereocenters. The molecule has 2 saturated heterocycles. The summed E-state index contributed by atoms with van der Waals surface area (Å²) in [5.74, 6) is 0.334. The third kappa shape index (κ3) is 5.95. The minimum atomic E-state index is -0.886. The maximum atomic E-state index is 13.9. The molecule has 10 heteroatoms. The number of carboxylic acids is 1. The zero-order chi connectivity index (χ0) is 31.5. The Balaban J connectivity index is 1.37. The molecular weight excluding hydrogens is 603 g/mol. The van der Waals surface area contributed by atoms with Gasteiger partial charge in [-0.25, -0.2) is 0 Å². The predicted octanol–water partition coefficient (Wildman–Crippen LogP) is 6.31. The van der Waals surface area contributed by atoms with Crippen molar-refractivity contribution in [2.75, 3.05) is 54.1 Å². The van der Waals surface area contributed by atoms with Crippen LogP contribution in [0.1, 0.15) is 47.2 Å². The summed E-state index contributed by atoms with van der Waals surface area (Å²) in [6.45, 7) is 3.05. The number of halogens is 2. The number of amides is 1. The van der Waals surface area contributed by atoms with E-state index in [2.05, 4.69) is 4.90 Å². The molecule has 3 aromatic carbocycles. The van der Waals surface area contributed by atoms with Crippen molar-refractivity contribution < 1.29 is 28.9 Å². The predicted molar refractivity (Wildman–Crippen MR) is 171 cm³/mol. The Morgan fingerprint density at radius 2 is 1.52 bits per heavy atom. The van der Waals surface area contributed by atoms with Gasteiger partial charge in [-0.2, -0.15) is 0 Å². The minimum Gasteiger partial charge on any atom is -0.493 e. The molecule has 3 aromatic rings. The lowest BCUT2D eigenvalue weighted by Crippen LogP contribution is -2.48. The van der Waals surface area contributed by atoms with E-state index >= 15 is 0 Å². The highest BCUT2D eigenvalue weighted by molar-refractivity contribution is 6.42. The lowest BCUT2D eigenvalue weighted by molar-refractivity contribution is -0.146. The molecule has 2 fully saturated rings. The zero-order valence-corrected chi connectivity index (χ0v) is 26.8. The fourth-order valence-electron chi connectivity index (χ4n) is 6.82. The summed E-state index contributed by atoms with van der Waals surface area (Å²) in [4.78, 5) is 30.5. The second kappa shape index (κ2) is 13.3. The number of carbonyl (C=O) groups excluding carboxylic acids is 1. The summed E-state index contributed by atoms with van der Waals surface area (Å²) in [6, 6.07) is 18.6.